The Kier molecular flexibility index (Phi) is 8.10. The standard InChI is InChI=1S/C23H22F3N3O2S/c1-31-18-9-7-17(8-10-18)19-15-20(23(24,25)26)29-22(28-19)32-14-12-21(30)27-13-11-16-5-3-2-4-6-16/h2-10,15H,11-14H2,1H3,(H,27,30). The van der Waals surface area contributed by atoms with E-state index in [9.17, 15) is 18.0 Å². The molecule has 0 aliphatic carbocycles. The topological polar surface area (TPSA) is 64.1 Å². The Morgan fingerprint density at radius 1 is 1.06 bits per heavy atom. The summed E-state index contributed by atoms with van der Waals surface area (Å²) in [6.45, 7) is 0.495. The second-order valence-corrected chi connectivity index (χ2v) is 7.89. The molecule has 5 nitrogen and oxygen atoms in total. The highest BCUT2D eigenvalue weighted by Gasteiger charge is 2.33. The number of aromatic nitrogens is 2. The number of alkyl halides is 3. The Balaban J connectivity index is 1.60. The van der Waals surface area contributed by atoms with Crippen molar-refractivity contribution in [3.05, 3.63) is 71.9 Å². The summed E-state index contributed by atoms with van der Waals surface area (Å²) in [6, 6.07) is 17.2. The molecule has 9 heteroatoms. The van der Waals surface area contributed by atoms with Crippen LogP contribution in [0.1, 0.15) is 17.7 Å². The van der Waals surface area contributed by atoms with E-state index in [0.717, 1.165) is 23.4 Å². The van der Waals surface area contributed by atoms with E-state index in [1.54, 1.807) is 24.3 Å². The first kappa shape index (κ1) is 23.6. The van der Waals surface area contributed by atoms with E-state index in [4.69, 9.17) is 4.74 Å². The molecule has 1 amide bonds. The highest BCUT2D eigenvalue weighted by Crippen LogP contribution is 2.32. The highest BCUT2D eigenvalue weighted by molar-refractivity contribution is 7.99. The molecule has 0 spiro atoms. The van der Waals surface area contributed by atoms with Crippen LogP contribution >= 0.6 is 11.8 Å². The number of carbonyl (C=O) groups excluding carboxylic acids is 1. The summed E-state index contributed by atoms with van der Waals surface area (Å²) in [7, 11) is 1.51. The second-order valence-electron chi connectivity index (χ2n) is 6.83. The van der Waals surface area contributed by atoms with Gasteiger partial charge in [0.05, 0.1) is 12.8 Å². The Hall–Kier alpha value is -3.07. The van der Waals surface area contributed by atoms with Crippen LogP contribution in [0.15, 0.2) is 65.8 Å². The van der Waals surface area contributed by atoms with Gasteiger partial charge in [-0.2, -0.15) is 13.2 Å². The Morgan fingerprint density at radius 3 is 2.44 bits per heavy atom. The molecule has 0 saturated heterocycles. The number of ether oxygens (including phenoxy) is 1. The van der Waals surface area contributed by atoms with Gasteiger partial charge in [-0.3, -0.25) is 4.79 Å². The third kappa shape index (κ3) is 6.98. The summed E-state index contributed by atoms with van der Waals surface area (Å²) >= 11 is 1.02. The van der Waals surface area contributed by atoms with E-state index in [1.165, 1.54) is 7.11 Å². The van der Waals surface area contributed by atoms with Crippen molar-refractivity contribution in [1.29, 1.82) is 0 Å². The molecule has 32 heavy (non-hydrogen) atoms. The lowest BCUT2D eigenvalue weighted by atomic mass is 10.1. The van der Waals surface area contributed by atoms with Gasteiger partial charge in [-0.05, 0) is 42.3 Å². The molecule has 0 fully saturated rings. The maximum absolute atomic E-state index is 13.3. The number of rotatable bonds is 9. The molecular formula is C23H22F3N3O2S. The first-order valence-electron chi connectivity index (χ1n) is 9.89. The average Bonchev–Trinajstić information content (AvgIpc) is 2.79. The number of amides is 1. The molecule has 0 unspecified atom stereocenters. The van der Waals surface area contributed by atoms with E-state index in [1.807, 2.05) is 30.3 Å². The average molecular weight is 462 g/mol. The highest BCUT2D eigenvalue weighted by atomic mass is 32.2. The van der Waals surface area contributed by atoms with Gasteiger partial charge in [0, 0.05) is 24.3 Å². The number of thioether (sulfide) groups is 1. The van der Waals surface area contributed by atoms with Crippen LogP contribution in [0.25, 0.3) is 11.3 Å². The third-order valence-electron chi connectivity index (χ3n) is 4.52. The molecule has 0 bridgehead atoms. The van der Waals surface area contributed by atoms with Crippen LogP contribution in [0.3, 0.4) is 0 Å². The molecule has 0 radical (unpaired) electrons. The van der Waals surface area contributed by atoms with E-state index < -0.39 is 11.9 Å². The Morgan fingerprint density at radius 2 is 1.78 bits per heavy atom. The fraction of sp³-hybridized carbons (Fsp3) is 0.261. The zero-order chi connectivity index (χ0) is 23.0. The number of benzene rings is 2. The molecule has 1 N–H and O–H groups in total. The van der Waals surface area contributed by atoms with Crippen molar-refractivity contribution < 1.29 is 22.7 Å². The van der Waals surface area contributed by atoms with Crippen LogP contribution in [-0.2, 0) is 17.4 Å². The number of methoxy groups -OCH3 is 1. The zero-order valence-corrected chi connectivity index (χ0v) is 18.2. The minimum atomic E-state index is -4.60. The minimum absolute atomic E-state index is 0.0253. The third-order valence-corrected chi connectivity index (χ3v) is 5.37. The van der Waals surface area contributed by atoms with Crippen LogP contribution in [-0.4, -0.2) is 35.3 Å². The van der Waals surface area contributed by atoms with E-state index in [0.29, 0.717) is 24.3 Å². The van der Waals surface area contributed by atoms with Crippen molar-refractivity contribution in [1.82, 2.24) is 15.3 Å². The summed E-state index contributed by atoms with van der Waals surface area (Å²) in [4.78, 5) is 19.9. The number of carbonyl (C=O) groups is 1. The van der Waals surface area contributed by atoms with Crippen molar-refractivity contribution in [3.8, 4) is 17.0 Å². The van der Waals surface area contributed by atoms with E-state index >= 15 is 0 Å². The zero-order valence-electron chi connectivity index (χ0n) is 17.4. The quantitative estimate of drug-likeness (QED) is 0.358. The number of hydrogen-bond acceptors (Lipinski definition) is 5. The molecule has 2 aromatic carbocycles. The molecular weight excluding hydrogens is 439 g/mol. The van der Waals surface area contributed by atoms with Gasteiger partial charge in [0.15, 0.2) is 5.16 Å². The van der Waals surface area contributed by atoms with E-state index in [2.05, 4.69) is 15.3 Å². The first-order valence-corrected chi connectivity index (χ1v) is 10.9. The molecule has 0 aliphatic rings. The number of nitrogens with one attached hydrogen (secondary N) is 1. The molecule has 1 aromatic heterocycles. The fourth-order valence-electron chi connectivity index (χ4n) is 2.86. The smallest absolute Gasteiger partial charge is 0.433 e. The monoisotopic (exact) mass is 461 g/mol. The molecule has 3 rings (SSSR count). The second kappa shape index (κ2) is 11.0. The SMILES string of the molecule is COc1ccc(-c2cc(C(F)(F)F)nc(SCCC(=O)NCCc3ccccc3)n2)cc1. The number of nitrogens with zero attached hydrogens (tertiary/aromatic N) is 2. The summed E-state index contributed by atoms with van der Waals surface area (Å²) in [5.41, 5.74) is 0.766. The van der Waals surface area contributed by atoms with Gasteiger partial charge >= 0.3 is 6.18 Å². The van der Waals surface area contributed by atoms with Gasteiger partial charge in [-0.25, -0.2) is 9.97 Å². The molecule has 0 aliphatic heterocycles. The Labute approximate surface area is 188 Å². The Bertz CT molecular complexity index is 1030. The predicted molar refractivity (Wildman–Crippen MR) is 118 cm³/mol. The van der Waals surface area contributed by atoms with Crippen LogP contribution in [0.4, 0.5) is 13.2 Å². The maximum Gasteiger partial charge on any atom is 0.433 e. The minimum Gasteiger partial charge on any atom is -0.497 e. The maximum atomic E-state index is 13.3. The van der Waals surface area contributed by atoms with Gasteiger partial charge in [0.25, 0.3) is 0 Å². The van der Waals surface area contributed by atoms with Crippen molar-refractivity contribution in [2.45, 2.75) is 24.2 Å². The van der Waals surface area contributed by atoms with Crippen LogP contribution < -0.4 is 10.1 Å². The van der Waals surface area contributed by atoms with Gasteiger partial charge in [-0.15, -0.1) is 0 Å². The normalized spacial score (nSPS) is 11.2. The van der Waals surface area contributed by atoms with Crippen molar-refractivity contribution in [3.63, 3.8) is 0 Å². The lowest BCUT2D eigenvalue weighted by molar-refractivity contribution is -0.141. The van der Waals surface area contributed by atoms with E-state index in [-0.39, 0.29) is 28.9 Å². The van der Waals surface area contributed by atoms with Gasteiger partial charge in [0.2, 0.25) is 5.91 Å². The van der Waals surface area contributed by atoms with Crippen molar-refractivity contribution >= 4 is 17.7 Å². The molecule has 168 valence electrons. The van der Waals surface area contributed by atoms with Gasteiger partial charge in [0.1, 0.15) is 11.4 Å². The van der Waals surface area contributed by atoms with Crippen molar-refractivity contribution in [2.24, 2.45) is 0 Å². The first-order chi connectivity index (χ1) is 15.3. The molecule has 1 heterocycles. The summed E-state index contributed by atoms with van der Waals surface area (Å²) in [5, 5.41) is 2.79. The van der Waals surface area contributed by atoms with Crippen LogP contribution in [0.5, 0.6) is 5.75 Å². The van der Waals surface area contributed by atoms with Gasteiger partial charge in [-0.1, -0.05) is 42.1 Å². The largest absolute Gasteiger partial charge is 0.497 e. The number of halogens is 3. The predicted octanol–water partition coefficient (Wildman–Crippen LogP) is 5.01. The van der Waals surface area contributed by atoms with Crippen molar-refractivity contribution in [2.75, 3.05) is 19.4 Å². The van der Waals surface area contributed by atoms with Crippen LogP contribution in [0.2, 0.25) is 0 Å². The molecule has 3 aromatic rings. The van der Waals surface area contributed by atoms with Crippen LogP contribution in [0, 0.1) is 0 Å². The molecule has 0 saturated carbocycles. The number of hydrogen-bond donors (Lipinski definition) is 1. The summed E-state index contributed by atoms with van der Waals surface area (Å²) in [6.07, 6.45) is -3.74. The summed E-state index contributed by atoms with van der Waals surface area (Å²) in [5.74, 6) is 0.683. The fourth-order valence-corrected chi connectivity index (χ4v) is 3.65. The van der Waals surface area contributed by atoms with Gasteiger partial charge < -0.3 is 10.1 Å². The lowest BCUT2D eigenvalue weighted by Gasteiger charge is -2.11. The summed E-state index contributed by atoms with van der Waals surface area (Å²) < 4.78 is 45.1. The lowest BCUT2D eigenvalue weighted by Crippen LogP contribution is -2.25. The molecule has 0 atom stereocenters.